The van der Waals surface area contributed by atoms with Gasteiger partial charge in [-0.1, -0.05) is 44.5 Å². The zero-order valence-electron chi connectivity index (χ0n) is 22.4. The second-order valence-corrected chi connectivity index (χ2v) is 10.3. The fourth-order valence-corrected chi connectivity index (χ4v) is 5.26. The molecule has 8 nitrogen and oxygen atoms in total. The van der Waals surface area contributed by atoms with Crippen molar-refractivity contribution in [3.8, 4) is 5.75 Å². The third-order valence-electron chi connectivity index (χ3n) is 7.70. The van der Waals surface area contributed by atoms with E-state index in [0.29, 0.717) is 29.0 Å². The van der Waals surface area contributed by atoms with Crippen LogP contribution in [0.2, 0.25) is 0 Å². The summed E-state index contributed by atoms with van der Waals surface area (Å²) in [5.41, 5.74) is -1.06. The van der Waals surface area contributed by atoms with Gasteiger partial charge in [-0.15, -0.1) is 0 Å². The summed E-state index contributed by atoms with van der Waals surface area (Å²) in [6.07, 6.45) is -4.16. The van der Waals surface area contributed by atoms with Gasteiger partial charge in [-0.2, -0.15) is 13.2 Å². The summed E-state index contributed by atoms with van der Waals surface area (Å²) in [7, 11) is 1.51. The van der Waals surface area contributed by atoms with Gasteiger partial charge in [-0.25, -0.2) is 4.79 Å². The molecule has 3 atom stereocenters. The quantitative estimate of drug-likeness (QED) is 0.310. The Balaban J connectivity index is 1.58. The molecule has 2 amide bonds. The van der Waals surface area contributed by atoms with Crippen molar-refractivity contribution in [1.82, 2.24) is 15.6 Å². The van der Waals surface area contributed by atoms with Crippen LogP contribution in [0.3, 0.4) is 0 Å². The van der Waals surface area contributed by atoms with Crippen LogP contribution in [0.15, 0.2) is 42.5 Å². The van der Waals surface area contributed by atoms with Crippen LogP contribution in [-0.2, 0) is 39.8 Å². The number of amides is 2. The molecule has 1 aromatic heterocycles. The van der Waals surface area contributed by atoms with Crippen molar-refractivity contribution in [3.63, 3.8) is 0 Å². The minimum atomic E-state index is -4.59. The number of nitrogens with one attached hydrogen (secondary N) is 3. The number of rotatable bonds is 9. The molecule has 3 aromatic rings. The average Bonchev–Trinajstić information content (AvgIpc) is 3.28. The van der Waals surface area contributed by atoms with Gasteiger partial charge < -0.3 is 25.5 Å². The lowest BCUT2D eigenvalue weighted by atomic mass is 9.79. The van der Waals surface area contributed by atoms with Gasteiger partial charge in [-0.05, 0) is 48.1 Å². The number of benzene rings is 2. The predicted octanol–water partition coefficient (Wildman–Crippen LogP) is 4.40. The van der Waals surface area contributed by atoms with Crippen LogP contribution in [0.5, 0.6) is 5.75 Å². The number of para-hydroxylation sites is 1. The van der Waals surface area contributed by atoms with Crippen molar-refractivity contribution in [2.45, 2.75) is 63.7 Å². The number of aromatic nitrogens is 1. The highest BCUT2D eigenvalue weighted by Gasteiger charge is 2.46. The van der Waals surface area contributed by atoms with Crippen molar-refractivity contribution in [1.29, 1.82) is 0 Å². The van der Waals surface area contributed by atoms with Crippen LogP contribution in [0.1, 0.15) is 49.1 Å². The van der Waals surface area contributed by atoms with E-state index in [1.165, 1.54) is 19.2 Å². The van der Waals surface area contributed by atoms with Crippen LogP contribution in [-0.4, -0.2) is 46.6 Å². The lowest BCUT2D eigenvalue weighted by Gasteiger charge is -2.36. The maximum Gasteiger partial charge on any atom is 0.418 e. The van der Waals surface area contributed by atoms with E-state index < -0.39 is 41.1 Å². The number of carbonyl (C=O) groups excluding carboxylic acids is 2. The van der Waals surface area contributed by atoms with E-state index in [0.717, 1.165) is 6.07 Å². The lowest BCUT2D eigenvalue weighted by molar-refractivity contribution is -0.149. The van der Waals surface area contributed by atoms with Gasteiger partial charge in [0.1, 0.15) is 17.3 Å². The van der Waals surface area contributed by atoms with Crippen LogP contribution >= 0.6 is 0 Å². The van der Waals surface area contributed by atoms with Crippen molar-refractivity contribution in [2.24, 2.45) is 5.92 Å². The van der Waals surface area contributed by atoms with Crippen LogP contribution in [0, 0.1) is 5.92 Å². The Bertz CT molecular complexity index is 1430. The number of alkyl halides is 3. The molecule has 0 bridgehead atoms. The molecule has 1 aliphatic rings. The molecular weight excluding hydrogens is 527 g/mol. The van der Waals surface area contributed by atoms with Crippen LogP contribution in [0.4, 0.5) is 13.2 Å². The standard InChI is InChI=1S/C29H32F3N3O5/c1-4-16(2)24(34-23(36)14-17-7-5-8-18(13-17)40-3)26(37)35-28(27(38)39)12-11-22-20(15-28)19-9-6-10-21(25(19)33-22)29(30,31)32/h5-10,13,16,24,33H,4,11-12,14-15H2,1-3H3,(H,34,36)(H,35,37)(H,38,39)/t16?,24?,28-/m1/s1. The largest absolute Gasteiger partial charge is 0.497 e. The Kier molecular flexibility index (Phi) is 8.13. The molecule has 1 heterocycles. The molecule has 1 aliphatic carbocycles. The van der Waals surface area contributed by atoms with Crippen molar-refractivity contribution >= 4 is 28.7 Å². The van der Waals surface area contributed by atoms with E-state index in [4.69, 9.17) is 4.74 Å². The van der Waals surface area contributed by atoms with E-state index in [1.54, 1.807) is 31.2 Å². The van der Waals surface area contributed by atoms with E-state index >= 15 is 0 Å². The number of halogens is 3. The minimum absolute atomic E-state index is 0.0122. The first-order valence-electron chi connectivity index (χ1n) is 13.1. The summed E-state index contributed by atoms with van der Waals surface area (Å²) in [5.74, 6) is -2.10. The average molecular weight is 560 g/mol. The number of ether oxygens (including phenoxy) is 1. The van der Waals surface area contributed by atoms with Gasteiger partial charge in [0.05, 0.1) is 24.6 Å². The summed E-state index contributed by atoms with van der Waals surface area (Å²) < 4.78 is 46.0. The second kappa shape index (κ2) is 11.2. The summed E-state index contributed by atoms with van der Waals surface area (Å²) in [6.45, 7) is 3.63. The number of aliphatic carboxylic acids is 1. The first kappa shape index (κ1) is 29.0. The van der Waals surface area contributed by atoms with Gasteiger partial charge in [0.15, 0.2) is 0 Å². The van der Waals surface area contributed by atoms with Gasteiger partial charge in [-0.3, -0.25) is 9.59 Å². The Labute approximate surface area is 229 Å². The smallest absolute Gasteiger partial charge is 0.418 e. The van der Waals surface area contributed by atoms with E-state index in [1.807, 2.05) is 6.92 Å². The summed E-state index contributed by atoms with van der Waals surface area (Å²) >= 11 is 0. The van der Waals surface area contributed by atoms with Gasteiger partial charge >= 0.3 is 12.1 Å². The minimum Gasteiger partial charge on any atom is -0.497 e. The highest BCUT2D eigenvalue weighted by molar-refractivity contribution is 5.95. The monoisotopic (exact) mass is 559 g/mol. The number of carbonyl (C=O) groups is 3. The van der Waals surface area contributed by atoms with Gasteiger partial charge in [0.25, 0.3) is 0 Å². The Morgan fingerprint density at radius 1 is 1.18 bits per heavy atom. The molecule has 0 radical (unpaired) electrons. The second-order valence-electron chi connectivity index (χ2n) is 10.3. The Hall–Kier alpha value is -4.02. The Morgan fingerprint density at radius 2 is 1.90 bits per heavy atom. The van der Waals surface area contributed by atoms with Gasteiger partial charge in [0, 0.05) is 17.5 Å². The SMILES string of the molecule is CCC(C)C(NC(=O)Cc1cccc(OC)c1)C(=O)N[C@]1(C(=O)O)CCc2[nH]c3c(C(F)(F)F)cccc3c2C1. The van der Waals surface area contributed by atoms with Crippen LogP contribution in [0.25, 0.3) is 10.9 Å². The molecule has 0 aliphatic heterocycles. The number of hydrogen-bond donors (Lipinski definition) is 4. The fraction of sp³-hybridized carbons (Fsp3) is 0.414. The number of fused-ring (bicyclic) bond motifs is 3. The van der Waals surface area contributed by atoms with Crippen molar-refractivity contribution in [2.75, 3.05) is 7.11 Å². The molecular formula is C29H32F3N3O5. The molecule has 0 saturated carbocycles. The molecule has 40 heavy (non-hydrogen) atoms. The maximum absolute atomic E-state index is 13.6. The zero-order valence-corrected chi connectivity index (χ0v) is 22.4. The Morgan fingerprint density at radius 3 is 2.55 bits per heavy atom. The lowest BCUT2D eigenvalue weighted by Crippen LogP contribution is -2.62. The molecule has 2 unspecified atom stereocenters. The maximum atomic E-state index is 13.6. The number of aromatic amines is 1. The number of carboxylic acids is 1. The number of aryl methyl sites for hydroxylation is 1. The van der Waals surface area contributed by atoms with E-state index in [9.17, 15) is 32.7 Å². The topological polar surface area (TPSA) is 121 Å². The third-order valence-corrected chi connectivity index (χ3v) is 7.70. The number of hydrogen-bond acceptors (Lipinski definition) is 4. The molecule has 2 aromatic carbocycles. The van der Waals surface area contributed by atoms with Gasteiger partial charge in [0.2, 0.25) is 11.8 Å². The number of carboxylic acid groups (broad SMARTS) is 1. The summed E-state index contributed by atoms with van der Waals surface area (Å²) in [5, 5.41) is 15.9. The first-order chi connectivity index (χ1) is 18.9. The third kappa shape index (κ3) is 5.78. The molecule has 0 saturated heterocycles. The highest BCUT2D eigenvalue weighted by atomic mass is 19.4. The molecule has 0 fully saturated rings. The summed E-state index contributed by atoms with van der Waals surface area (Å²) in [6, 6.07) is 9.72. The van der Waals surface area contributed by atoms with Crippen molar-refractivity contribution < 1.29 is 37.4 Å². The summed E-state index contributed by atoms with van der Waals surface area (Å²) in [4.78, 5) is 41.9. The van der Waals surface area contributed by atoms with E-state index in [-0.39, 0.29) is 42.5 Å². The van der Waals surface area contributed by atoms with E-state index in [2.05, 4.69) is 15.6 Å². The molecule has 4 N–H and O–H groups in total. The normalized spacial score (nSPS) is 18.4. The fourth-order valence-electron chi connectivity index (χ4n) is 5.26. The molecule has 11 heteroatoms. The first-order valence-corrected chi connectivity index (χ1v) is 13.1. The predicted molar refractivity (Wildman–Crippen MR) is 142 cm³/mol. The number of methoxy groups -OCH3 is 1. The highest BCUT2D eigenvalue weighted by Crippen LogP contribution is 2.40. The molecule has 4 rings (SSSR count). The zero-order chi connectivity index (χ0) is 29.2. The number of H-pyrrole nitrogens is 1. The molecule has 214 valence electrons. The van der Waals surface area contributed by atoms with Crippen LogP contribution < -0.4 is 15.4 Å². The molecule has 0 spiro atoms. The van der Waals surface area contributed by atoms with Crippen molar-refractivity contribution in [3.05, 3.63) is 64.8 Å².